The lowest BCUT2D eigenvalue weighted by molar-refractivity contribution is 0.0844. The van der Waals surface area contributed by atoms with Crippen LogP contribution in [0.1, 0.15) is 27.0 Å². The molecule has 1 amide bonds. The normalized spacial score (nSPS) is 17.3. The predicted molar refractivity (Wildman–Crippen MR) is 130 cm³/mol. The molecule has 1 atom stereocenters. The summed E-state index contributed by atoms with van der Waals surface area (Å²) in [6.07, 6.45) is 3.18. The van der Waals surface area contributed by atoms with Gasteiger partial charge in [-0.15, -0.1) is 0 Å². The summed E-state index contributed by atoms with van der Waals surface area (Å²) in [5.41, 5.74) is 4.34. The Hall–Kier alpha value is -3.74. The van der Waals surface area contributed by atoms with Crippen LogP contribution >= 0.6 is 11.6 Å². The summed E-state index contributed by atoms with van der Waals surface area (Å²) in [5, 5.41) is 4.62. The third-order valence-electron chi connectivity index (χ3n) is 6.21. The van der Waals surface area contributed by atoms with Crippen molar-refractivity contribution in [3.63, 3.8) is 0 Å². The summed E-state index contributed by atoms with van der Waals surface area (Å²) in [4.78, 5) is 13.5. The van der Waals surface area contributed by atoms with Crippen LogP contribution in [0.2, 0.25) is 5.02 Å². The average molecular weight is 476 g/mol. The van der Waals surface area contributed by atoms with Gasteiger partial charge in [0.05, 0.1) is 25.8 Å². The van der Waals surface area contributed by atoms with Gasteiger partial charge in [-0.25, -0.2) is 9.18 Å². The molecule has 0 N–H and O–H groups in total. The van der Waals surface area contributed by atoms with E-state index in [-0.39, 0.29) is 10.4 Å². The lowest BCUT2D eigenvalue weighted by atomic mass is 9.88. The second kappa shape index (κ2) is 8.24. The molecule has 170 valence electrons. The molecule has 1 unspecified atom stereocenters. The molecule has 4 aromatic rings. The van der Waals surface area contributed by atoms with Crippen molar-refractivity contribution in [1.82, 2.24) is 9.64 Å². The highest BCUT2D eigenvalue weighted by atomic mass is 35.5. The Morgan fingerprint density at radius 1 is 1.00 bits per heavy atom. The van der Waals surface area contributed by atoms with Crippen LogP contribution < -0.4 is 9.22 Å². The summed E-state index contributed by atoms with van der Waals surface area (Å²) >= 11 is 6.15. The molecule has 1 aliphatic rings. The number of rotatable bonds is 4. The average Bonchev–Trinajstić information content (AvgIpc) is 3.39. The van der Waals surface area contributed by atoms with E-state index < -0.39 is 5.82 Å². The maximum Gasteiger partial charge on any atom is 0.357 e. The van der Waals surface area contributed by atoms with Gasteiger partial charge in [-0.1, -0.05) is 35.9 Å². The number of halogens is 2. The van der Waals surface area contributed by atoms with Crippen molar-refractivity contribution in [2.75, 3.05) is 14.2 Å². The molecule has 5 nitrogen and oxygen atoms in total. The molecule has 0 radical (unpaired) electrons. The number of amides is 1. The molecule has 0 bridgehead atoms. The van der Waals surface area contributed by atoms with Crippen molar-refractivity contribution in [2.45, 2.75) is 6.92 Å². The van der Waals surface area contributed by atoms with Crippen LogP contribution in [0.3, 0.4) is 0 Å². The number of fused-ring (bicyclic) bond motifs is 1. The number of aromatic nitrogens is 1. The van der Waals surface area contributed by atoms with Crippen molar-refractivity contribution in [3.05, 3.63) is 106 Å². The maximum absolute atomic E-state index is 15.5. The maximum atomic E-state index is 15.5. The molecule has 0 saturated carbocycles. The summed E-state index contributed by atoms with van der Waals surface area (Å²) in [5.74, 6) is 0.320. The van der Waals surface area contributed by atoms with E-state index in [1.807, 2.05) is 25.1 Å². The molecule has 0 aliphatic carbocycles. The largest absolute Gasteiger partial charge is 0.496 e. The number of ether oxygens (including phenoxy) is 1. The van der Waals surface area contributed by atoms with E-state index in [4.69, 9.17) is 20.9 Å². The Balaban J connectivity index is 1.74. The second-order valence-corrected chi connectivity index (χ2v) is 8.73. The van der Waals surface area contributed by atoms with Crippen LogP contribution in [0.15, 0.2) is 77.6 Å². The number of carbonyl (C=O) groups excluding carboxylic acids is 1. The van der Waals surface area contributed by atoms with Gasteiger partial charge in [-0.05, 0) is 53.5 Å². The minimum Gasteiger partial charge on any atom is -0.496 e. The zero-order valence-corrected chi connectivity index (χ0v) is 19.6. The van der Waals surface area contributed by atoms with E-state index in [1.165, 1.54) is 12.3 Å². The Morgan fingerprint density at radius 3 is 2.44 bits per heavy atom. The molecule has 0 saturated heterocycles. The SMILES string of the molecule is COc1cc(-c2ccc(Cl)c(C)c2)c(F)cc1C1=C[N+](C)(c2ccon2)C(=O)c2ccccc21. The molecule has 0 fully saturated rings. The monoisotopic (exact) mass is 475 g/mol. The quantitative estimate of drug-likeness (QED) is 0.311. The number of nitrogens with zero attached hydrogens (tertiary/aromatic N) is 2. The van der Waals surface area contributed by atoms with Gasteiger partial charge in [-0.3, -0.25) is 0 Å². The smallest absolute Gasteiger partial charge is 0.357 e. The molecule has 34 heavy (non-hydrogen) atoms. The summed E-state index contributed by atoms with van der Waals surface area (Å²) in [6, 6.07) is 17.4. The van der Waals surface area contributed by atoms with Crippen LogP contribution in [0, 0.1) is 12.7 Å². The van der Waals surface area contributed by atoms with Gasteiger partial charge >= 0.3 is 5.91 Å². The Bertz CT molecular complexity index is 1460. The second-order valence-electron chi connectivity index (χ2n) is 8.32. The molecule has 1 aliphatic heterocycles. The lowest BCUT2D eigenvalue weighted by Gasteiger charge is -2.30. The van der Waals surface area contributed by atoms with Gasteiger partial charge in [0.15, 0.2) is 0 Å². The Labute approximate surface area is 201 Å². The topological polar surface area (TPSA) is 52.3 Å². The summed E-state index contributed by atoms with van der Waals surface area (Å²) in [6.45, 7) is 1.87. The first-order valence-electron chi connectivity index (χ1n) is 10.6. The fraction of sp³-hybridized carbons (Fsp3) is 0.111. The highest BCUT2D eigenvalue weighted by molar-refractivity contribution is 6.31. The molecule has 5 rings (SSSR count). The van der Waals surface area contributed by atoms with Crippen molar-refractivity contribution >= 4 is 28.9 Å². The third-order valence-corrected chi connectivity index (χ3v) is 6.63. The fourth-order valence-corrected chi connectivity index (χ4v) is 4.46. The first-order valence-corrected chi connectivity index (χ1v) is 11.0. The minimum absolute atomic E-state index is 0.166. The van der Waals surface area contributed by atoms with E-state index in [1.54, 1.807) is 56.8 Å². The first-order chi connectivity index (χ1) is 16.3. The van der Waals surface area contributed by atoms with Crippen molar-refractivity contribution in [3.8, 4) is 16.9 Å². The Morgan fingerprint density at radius 2 is 1.76 bits per heavy atom. The predicted octanol–water partition coefficient (Wildman–Crippen LogP) is 6.63. The number of carbonyl (C=O) groups is 1. The van der Waals surface area contributed by atoms with E-state index in [2.05, 4.69) is 5.16 Å². The highest BCUT2D eigenvalue weighted by Crippen LogP contribution is 2.42. The van der Waals surface area contributed by atoms with Gasteiger partial charge in [0.2, 0.25) is 0 Å². The van der Waals surface area contributed by atoms with E-state index in [0.717, 1.165) is 5.56 Å². The summed E-state index contributed by atoms with van der Waals surface area (Å²) < 4.78 is 26.0. The Kier molecular flexibility index (Phi) is 5.35. The van der Waals surface area contributed by atoms with Crippen LogP contribution in [-0.2, 0) is 0 Å². The standard InChI is InChI=1S/C27H21ClFN2O3/c1-16-12-17(8-9-23(16)28)20-14-25(33-3)21(13-24(20)29)22-15-31(2,26-10-11-34-30-26)27(32)19-7-5-4-6-18(19)22/h4-15H,1-3H3/q+1. The van der Waals surface area contributed by atoms with Gasteiger partial charge in [-0.2, -0.15) is 4.48 Å². The van der Waals surface area contributed by atoms with Crippen molar-refractivity contribution < 1.29 is 18.4 Å². The number of benzene rings is 3. The zero-order chi connectivity index (χ0) is 24.0. The summed E-state index contributed by atoms with van der Waals surface area (Å²) in [7, 11) is 3.27. The lowest BCUT2D eigenvalue weighted by Crippen LogP contribution is -2.48. The van der Waals surface area contributed by atoms with E-state index >= 15 is 4.39 Å². The first kappa shape index (κ1) is 22.1. The minimum atomic E-state index is -0.413. The molecular weight excluding hydrogens is 455 g/mol. The van der Waals surface area contributed by atoms with Crippen molar-refractivity contribution in [2.24, 2.45) is 0 Å². The van der Waals surface area contributed by atoms with Crippen LogP contribution in [-0.4, -0.2) is 25.2 Å². The number of hydrogen-bond acceptors (Lipinski definition) is 4. The molecule has 0 spiro atoms. The van der Waals surface area contributed by atoms with Crippen LogP contribution in [0.4, 0.5) is 10.2 Å². The van der Waals surface area contributed by atoms with Gasteiger partial charge in [0, 0.05) is 27.3 Å². The third kappa shape index (κ3) is 3.43. The molecule has 3 aromatic carbocycles. The number of quaternary nitrogens is 1. The zero-order valence-electron chi connectivity index (χ0n) is 18.8. The van der Waals surface area contributed by atoms with Gasteiger partial charge in [0.1, 0.15) is 24.0 Å². The number of hydrogen-bond donors (Lipinski definition) is 0. The number of methoxy groups -OCH3 is 1. The van der Waals surface area contributed by atoms with E-state index in [0.29, 0.717) is 50.0 Å². The van der Waals surface area contributed by atoms with E-state index in [9.17, 15) is 4.79 Å². The van der Waals surface area contributed by atoms with Gasteiger partial charge in [0.25, 0.3) is 5.82 Å². The van der Waals surface area contributed by atoms with Crippen molar-refractivity contribution in [1.29, 1.82) is 0 Å². The molecule has 7 heteroatoms. The van der Waals surface area contributed by atoms with Crippen LogP contribution in [0.25, 0.3) is 16.7 Å². The molecule has 2 heterocycles. The van der Waals surface area contributed by atoms with Gasteiger partial charge < -0.3 is 9.26 Å². The highest BCUT2D eigenvalue weighted by Gasteiger charge is 2.43. The molecular formula is C27H21ClFN2O3+. The molecule has 1 aromatic heterocycles. The van der Waals surface area contributed by atoms with Crippen LogP contribution in [0.5, 0.6) is 5.75 Å². The fourth-order valence-electron chi connectivity index (χ4n) is 4.34. The number of aryl methyl sites for hydroxylation is 1.